The molecule has 0 aromatic heterocycles. The third-order valence-corrected chi connectivity index (χ3v) is 11.3. The number of sulfonamides is 1. The van der Waals surface area contributed by atoms with Crippen LogP contribution in [0.5, 0.6) is 0 Å². The molecule has 5 aliphatic rings. The zero-order chi connectivity index (χ0) is 24.1. The predicted molar refractivity (Wildman–Crippen MR) is 139 cm³/mol. The zero-order valence-corrected chi connectivity index (χ0v) is 22.3. The number of aryl methyl sites for hydroxylation is 1. The van der Waals surface area contributed by atoms with Crippen molar-refractivity contribution in [2.45, 2.75) is 83.6 Å². The second-order valence-electron chi connectivity index (χ2n) is 12.1. The van der Waals surface area contributed by atoms with E-state index >= 15 is 0 Å². The molecule has 4 bridgehead atoms. The van der Waals surface area contributed by atoms with Gasteiger partial charge in [-0.15, -0.1) is 0 Å². The molecule has 0 radical (unpaired) electrons. The van der Waals surface area contributed by atoms with Gasteiger partial charge in [-0.25, -0.2) is 8.42 Å². The maximum atomic E-state index is 13.6. The van der Waals surface area contributed by atoms with Gasteiger partial charge in [0.15, 0.2) is 0 Å². The van der Waals surface area contributed by atoms with Crippen molar-refractivity contribution in [3.8, 4) is 0 Å². The molecule has 5 heteroatoms. The highest BCUT2D eigenvalue weighted by Gasteiger charge is 2.81. The average molecular weight is 483 g/mol. The van der Waals surface area contributed by atoms with Crippen LogP contribution in [0.25, 0.3) is 0 Å². The van der Waals surface area contributed by atoms with Crippen molar-refractivity contribution in [1.29, 1.82) is 0 Å². The fraction of sp³-hybridized carbons (Fsp3) is 0.655. The van der Waals surface area contributed by atoms with Crippen LogP contribution in [-0.4, -0.2) is 38.4 Å². The van der Waals surface area contributed by atoms with Gasteiger partial charge in [0.05, 0.1) is 4.90 Å². The third-order valence-electron chi connectivity index (χ3n) is 9.39. The van der Waals surface area contributed by atoms with Crippen LogP contribution < -0.4 is 5.32 Å². The molecule has 5 unspecified atom stereocenters. The fourth-order valence-corrected chi connectivity index (χ4v) is 9.28. The minimum Gasteiger partial charge on any atom is -0.312 e. The van der Waals surface area contributed by atoms with Crippen molar-refractivity contribution in [1.82, 2.24) is 9.62 Å². The second kappa shape index (κ2) is 8.90. The van der Waals surface area contributed by atoms with Gasteiger partial charge in [0.2, 0.25) is 10.0 Å². The Bertz CT molecular complexity index is 1090. The van der Waals surface area contributed by atoms with Crippen LogP contribution in [-0.2, 0) is 10.0 Å². The van der Waals surface area contributed by atoms with Crippen molar-refractivity contribution in [3.05, 3.63) is 53.1 Å². The summed E-state index contributed by atoms with van der Waals surface area (Å²) >= 11 is 0. The SMILES string of the molecule is CC(C)=CCC/C(C)=C/CN(CCNC1C2CC3CC4(C2)CC14C3)S(=O)(=O)c1ccc(C)cc1. The molecule has 1 N–H and O–H groups in total. The Balaban J connectivity index is 1.26. The van der Waals surface area contributed by atoms with Crippen LogP contribution in [0.1, 0.15) is 71.3 Å². The Hall–Kier alpha value is -1.43. The molecule has 2 spiro atoms. The number of allylic oxidation sites excluding steroid dienone is 3. The highest BCUT2D eigenvalue weighted by atomic mass is 32.2. The van der Waals surface area contributed by atoms with E-state index in [-0.39, 0.29) is 0 Å². The smallest absolute Gasteiger partial charge is 0.243 e. The van der Waals surface area contributed by atoms with Crippen molar-refractivity contribution >= 4 is 10.0 Å². The summed E-state index contributed by atoms with van der Waals surface area (Å²) in [5.74, 6) is 1.80. The summed E-state index contributed by atoms with van der Waals surface area (Å²) in [5.41, 5.74) is 4.87. The highest BCUT2D eigenvalue weighted by Crippen LogP contribution is 2.87. The van der Waals surface area contributed by atoms with Crippen LogP contribution in [0.2, 0.25) is 0 Å². The van der Waals surface area contributed by atoms with Gasteiger partial charge in [-0.3, -0.25) is 0 Å². The van der Waals surface area contributed by atoms with Crippen LogP contribution >= 0.6 is 0 Å². The molecule has 6 rings (SSSR count). The van der Waals surface area contributed by atoms with E-state index < -0.39 is 10.0 Å². The molecule has 5 fully saturated rings. The molecule has 34 heavy (non-hydrogen) atoms. The summed E-state index contributed by atoms with van der Waals surface area (Å²) < 4.78 is 28.8. The number of nitrogens with zero attached hydrogens (tertiary/aromatic N) is 1. The number of hydrogen-bond acceptors (Lipinski definition) is 3. The van der Waals surface area contributed by atoms with Gasteiger partial charge in [0.25, 0.3) is 0 Å². The van der Waals surface area contributed by atoms with Crippen molar-refractivity contribution < 1.29 is 8.42 Å². The Labute approximate surface area is 206 Å². The largest absolute Gasteiger partial charge is 0.312 e. The van der Waals surface area contributed by atoms with Crippen molar-refractivity contribution in [3.63, 3.8) is 0 Å². The lowest BCUT2D eigenvalue weighted by atomic mass is 9.71. The Morgan fingerprint density at radius 2 is 1.88 bits per heavy atom. The van der Waals surface area contributed by atoms with E-state index in [9.17, 15) is 8.42 Å². The molecule has 5 atom stereocenters. The molecule has 0 amide bonds. The third kappa shape index (κ3) is 4.22. The van der Waals surface area contributed by atoms with Crippen molar-refractivity contribution in [2.24, 2.45) is 22.7 Å². The Kier molecular flexibility index (Phi) is 6.35. The van der Waals surface area contributed by atoms with E-state index in [1.807, 2.05) is 19.1 Å². The summed E-state index contributed by atoms with van der Waals surface area (Å²) in [7, 11) is -3.53. The first kappa shape index (κ1) is 24.3. The van der Waals surface area contributed by atoms with E-state index in [1.54, 1.807) is 16.4 Å². The molecule has 0 aliphatic heterocycles. The van der Waals surface area contributed by atoms with E-state index in [2.05, 4.69) is 38.2 Å². The summed E-state index contributed by atoms with van der Waals surface area (Å²) in [5, 5.41) is 3.88. The lowest BCUT2D eigenvalue weighted by molar-refractivity contribution is 0.149. The van der Waals surface area contributed by atoms with Gasteiger partial charge < -0.3 is 5.32 Å². The van der Waals surface area contributed by atoms with E-state index in [0.29, 0.717) is 34.9 Å². The van der Waals surface area contributed by atoms with Crippen LogP contribution in [0.15, 0.2) is 52.5 Å². The lowest BCUT2D eigenvalue weighted by Crippen LogP contribution is -2.47. The van der Waals surface area contributed by atoms with Gasteiger partial charge in [-0.05, 0) is 107 Å². The fourth-order valence-electron chi connectivity index (χ4n) is 7.90. The Morgan fingerprint density at radius 3 is 2.59 bits per heavy atom. The first-order valence-corrected chi connectivity index (χ1v) is 14.7. The molecule has 1 aromatic rings. The summed E-state index contributed by atoms with van der Waals surface area (Å²) in [6, 6.07) is 7.88. The van der Waals surface area contributed by atoms with Gasteiger partial charge >= 0.3 is 0 Å². The highest BCUT2D eigenvalue weighted by molar-refractivity contribution is 7.89. The van der Waals surface area contributed by atoms with E-state index in [4.69, 9.17) is 0 Å². The lowest BCUT2D eigenvalue weighted by Gasteiger charge is -2.39. The zero-order valence-electron chi connectivity index (χ0n) is 21.4. The minimum atomic E-state index is -3.53. The molecular formula is C29H42N2O2S. The first-order chi connectivity index (χ1) is 16.2. The quantitative estimate of drug-likeness (QED) is 0.403. The Morgan fingerprint density at radius 1 is 1.12 bits per heavy atom. The molecule has 0 saturated heterocycles. The van der Waals surface area contributed by atoms with Gasteiger partial charge in [0, 0.05) is 25.7 Å². The molecule has 0 heterocycles. The normalized spacial score (nSPS) is 33.4. The molecule has 4 nitrogen and oxygen atoms in total. The standard InChI is InChI=1S/C29H42N2O2S/c1-21(2)6-5-7-22(3)12-14-31(34(32,33)26-10-8-23(4)9-11-26)15-13-30-27-25-16-24-17-28(19-25)20-29(27,28)18-24/h6,8-12,24-25,27,30H,5,7,13-20H2,1-4H3/b22-12+. The summed E-state index contributed by atoms with van der Waals surface area (Å²) in [6.07, 6.45) is 13.4. The van der Waals surface area contributed by atoms with E-state index in [0.717, 1.165) is 36.8 Å². The monoisotopic (exact) mass is 482 g/mol. The van der Waals surface area contributed by atoms with Crippen LogP contribution in [0.4, 0.5) is 0 Å². The van der Waals surface area contributed by atoms with Crippen LogP contribution in [0.3, 0.4) is 0 Å². The summed E-state index contributed by atoms with van der Waals surface area (Å²) in [6.45, 7) is 10.0. The minimum absolute atomic E-state index is 0.395. The average Bonchev–Trinajstić information content (AvgIpc) is 3.21. The number of benzene rings is 1. The number of rotatable bonds is 11. The predicted octanol–water partition coefficient (Wildman–Crippen LogP) is 5.85. The topological polar surface area (TPSA) is 49.4 Å². The molecule has 1 aromatic carbocycles. The molecule has 5 saturated carbocycles. The van der Waals surface area contributed by atoms with E-state index in [1.165, 1.54) is 43.3 Å². The van der Waals surface area contributed by atoms with Gasteiger partial charge in [-0.2, -0.15) is 4.31 Å². The van der Waals surface area contributed by atoms with Crippen molar-refractivity contribution in [2.75, 3.05) is 19.6 Å². The van der Waals surface area contributed by atoms with Crippen LogP contribution in [0, 0.1) is 29.6 Å². The molecular weight excluding hydrogens is 440 g/mol. The second-order valence-corrected chi connectivity index (χ2v) is 14.0. The van der Waals surface area contributed by atoms with Gasteiger partial charge in [0.1, 0.15) is 0 Å². The number of hydrogen-bond donors (Lipinski definition) is 1. The van der Waals surface area contributed by atoms with Gasteiger partial charge in [-0.1, -0.05) is 41.0 Å². The maximum Gasteiger partial charge on any atom is 0.243 e. The maximum absolute atomic E-state index is 13.6. The molecule has 186 valence electrons. The first-order valence-electron chi connectivity index (χ1n) is 13.2. The summed E-state index contributed by atoms with van der Waals surface area (Å²) in [4.78, 5) is 0.395. The molecule has 5 aliphatic carbocycles. The number of nitrogens with one attached hydrogen (secondary N) is 1.